The van der Waals surface area contributed by atoms with Gasteiger partial charge in [0.25, 0.3) is 0 Å². The second-order valence-electron chi connectivity index (χ2n) is 6.69. The van der Waals surface area contributed by atoms with Crippen LogP contribution in [0.2, 0.25) is 0 Å². The maximum absolute atomic E-state index is 9.18. The van der Waals surface area contributed by atoms with Gasteiger partial charge in [0.15, 0.2) is 0 Å². The molecule has 0 unspecified atom stereocenters. The minimum atomic E-state index is -0.0843. The molecule has 2 aromatic carbocycles. The lowest BCUT2D eigenvalue weighted by Crippen LogP contribution is -2.35. The largest absolute Gasteiger partial charge is 0.398 e. The molecule has 0 aromatic heterocycles. The minimum absolute atomic E-state index is 0.0843. The Morgan fingerprint density at radius 3 is 2.63 bits per heavy atom. The molecule has 0 radical (unpaired) electrons. The normalized spacial score (nSPS) is 15.7. The number of nitrogen functional groups attached to an aromatic ring is 1. The van der Waals surface area contributed by atoms with E-state index >= 15 is 0 Å². The van der Waals surface area contributed by atoms with Gasteiger partial charge in [-0.15, -0.1) is 0 Å². The lowest BCUT2D eigenvalue weighted by Gasteiger charge is -2.26. The average molecular weight is 366 g/mol. The molecule has 0 atom stereocenters. The van der Waals surface area contributed by atoms with Gasteiger partial charge in [-0.3, -0.25) is 10.3 Å². The maximum Gasteiger partial charge on any atom is 0.0862 e. The summed E-state index contributed by atoms with van der Waals surface area (Å²) < 4.78 is 5.39. The number of anilines is 1. The van der Waals surface area contributed by atoms with Gasteiger partial charge < -0.3 is 21.3 Å². The highest BCUT2D eigenvalue weighted by atomic mass is 16.5. The first-order valence-corrected chi connectivity index (χ1v) is 9.01. The first-order chi connectivity index (χ1) is 13.1. The zero-order valence-corrected chi connectivity index (χ0v) is 15.3. The zero-order valence-electron chi connectivity index (χ0n) is 15.3. The molecular weight excluding hydrogens is 340 g/mol. The molecule has 1 heterocycles. The van der Waals surface area contributed by atoms with Crippen molar-refractivity contribution in [1.82, 2.24) is 4.90 Å². The molecule has 6 N–H and O–H groups in total. The molecule has 2 aromatic rings. The Morgan fingerprint density at radius 2 is 1.93 bits per heavy atom. The van der Waals surface area contributed by atoms with E-state index in [0.29, 0.717) is 22.5 Å². The number of rotatable bonds is 6. The van der Waals surface area contributed by atoms with Crippen LogP contribution in [0, 0.1) is 5.41 Å². The highest BCUT2D eigenvalue weighted by Gasteiger charge is 2.12. The predicted octanol–water partition coefficient (Wildman–Crippen LogP) is 1.96. The van der Waals surface area contributed by atoms with Gasteiger partial charge >= 0.3 is 0 Å². The molecule has 3 rings (SSSR count). The standard InChI is InChI=1S/C21H26N4O2/c22-19-12-17(14-26)4-5-18(19)21(24)20(23)11-15-2-1-3-16(10-15)13-25-6-8-27-9-7-25/h1-5,10-12,24,26H,6-9,13-14,22-23H2/b20-11-,24-21?. The molecule has 0 aliphatic carbocycles. The van der Waals surface area contributed by atoms with Crippen LogP contribution in [-0.4, -0.2) is 42.0 Å². The van der Waals surface area contributed by atoms with Crippen LogP contribution in [0.5, 0.6) is 0 Å². The van der Waals surface area contributed by atoms with E-state index in [4.69, 9.17) is 21.6 Å². The van der Waals surface area contributed by atoms with Crippen LogP contribution in [0.4, 0.5) is 5.69 Å². The van der Waals surface area contributed by atoms with Crippen molar-refractivity contribution in [3.63, 3.8) is 0 Å². The first kappa shape index (κ1) is 19.1. The Morgan fingerprint density at radius 1 is 1.15 bits per heavy atom. The van der Waals surface area contributed by atoms with E-state index in [1.54, 1.807) is 24.3 Å². The third-order valence-electron chi connectivity index (χ3n) is 4.64. The molecule has 0 amide bonds. The molecule has 27 heavy (non-hydrogen) atoms. The van der Waals surface area contributed by atoms with Crippen molar-refractivity contribution in [2.75, 3.05) is 32.0 Å². The quantitative estimate of drug-likeness (QED) is 0.462. The van der Waals surface area contributed by atoms with E-state index in [1.807, 2.05) is 12.1 Å². The summed E-state index contributed by atoms with van der Waals surface area (Å²) in [6.07, 6.45) is 1.80. The second kappa shape index (κ2) is 8.81. The summed E-state index contributed by atoms with van der Waals surface area (Å²) in [5.41, 5.74) is 16.6. The van der Waals surface area contributed by atoms with E-state index in [2.05, 4.69) is 17.0 Å². The average Bonchev–Trinajstić information content (AvgIpc) is 2.68. The van der Waals surface area contributed by atoms with Gasteiger partial charge in [-0.25, -0.2) is 0 Å². The molecule has 0 bridgehead atoms. The third kappa shape index (κ3) is 4.95. The Bertz CT molecular complexity index is 842. The fourth-order valence-electron chi connectivity index (χ4n) is 3.14. The van der Waals surface area contributed by atoms with E-state index in [0.717, 1.165) is 38.4 Å². The monoisotopic (exact) mass is 366 g/mol. The first-order valence-electron chi connectivity index (χ1n) is 9.01. The van der Waals surface area contributed by atoms with Gasteiger partial charge in [0.2, 0.25) is 0 Å². The molecule has 1 fully saturated rings. The summed E-state index contributed by atoms with van der Waals surface area (Å²) >= 11 is 0. The maximum atomic E-state index is 9.18. The number of hydrogen-bond acceptors (Lipinski definition) is 6. The number of nitrogens with two attached hydrogens (primary N) is 2. The summed E-state index contributed by atoms with van der Waals surface area (Å²) in [6.45, 7) is 4.23. The number of aliphatic hydroxyl groups is 1. The fourth-order valence-corrected chi connectivity index (χ4v) is 3.14. The minimum Gasteiger partial charge on any atom is -0.398 e. The topological polar surface area (TPSA) is 109 Å². The molecule has 6 heteroatoms. The van der Waals surface area contributed by atoms with Gasteiger partial charge in [-0.1, -0.05) is 36.4 Å². The van der Waals surface area contributed by atoms with Crippen LogP contribution < -0.4 is 11.5 Å². The summed E-state index contributed by atoms with van der Waals surface area (Å²) in [5, 5.41) is 17.5. The van der Waals surface area contributed by atoms with Crippen molar-refractivity contribution < 1.29 is 9.84 Å². The van der Waals surface area contributed by atoms with Crippen molar-refractivity contribution >= 4 is 17.5 Å². The Balaban J connectivity index is 1.75. The predicted molar refractivity (Wildman–Crippen MR) is 108 cm³/mol. The number of hydrogen-bond donors (Lipinski definition) is 4. The Labute approximate surface area is 159 Å². The van der Waals surface area contributed by atoms with Crippen molar-refractivity contribution in [2.45, 2.75) is 13.2 Å². The van der Waals surface area contributed by atoms with E-state index in [9.17, 15) is 5.11 Å². The smallest absolute Gasteiger partial charge is 0.0862 e. The molecule has 6 nitrogen and oxygen atoms in total. The van der Waals surface area contributed by atoms with Crippen molar-refractivity contribution in [1.29, 1.82) is 5.41 Å². The van der Waals surface area contributed by atoms with Crippen LogP contribution in [0.3, 0.4) is 0 Å². The SMILES string of the molecule is N=C(/C(N)=C/c1cccc(CN2CCOCC2)c1)c1ccc(CO)cc1N. The molecule has 1 saturated heterocycles. The molecule has 1 aliphatic rings. The van der Waals surface area contributed by atoms with Gasteiger partial charge in [-0.05, 0) is 28.8 Å². The number of nitrogens with zero attached hydrogens (tertiary/aromatic N) is 1. The summed E-state index contributed by atoms with van der Waals surface area (Å²) in [6, 6.07) is 13.3. The van der Waals surface area contributed by atoms with E-state index < -0.39 is 0 Å². The summed E-state index contributed by atoms with van der Waals surface area (Å²) in [7, 11) is 0. The van der Waals surface area contributed by atoms with Crippen molar-refractivity contribution in [3.8, 4) is 0 Å². The number of nitrogens with one attached hydrogen (secondary N) is 1. The lowest BCUT2D eigenvalue weighted by atomic mass is 10.0. The molecule has 0 spiro atoms. The van der Waals surface area contributed by atoms with Gasteiger partial charge in [0, 0.05) is 30.9 Å². The Kier molecular flexibility index (Phi) is 6.24. The third-order valence-corrected chi connectivity index (χ3v) is 4.64. The number of ether oxygens (including phenoxy) is 1. The van der Waals surface area contributed by atoms with Gasteiger partial charge in [-0.2, -0.15) is 0 Å². The fraction of sp³-hybridized carbons (Fsp3) is 0.286. The number of allylic oxidation sites excluding steroid dienone is 1. The van der Waals surface area contributed by atoms with Crippen LogP contribution in [-0.2, 0) is 17.9 Å². The van der Waals surface area contributed by atoms with Crippen LogP contribution in [0.25, 0.3) is 6.08 Å². The number of morpholine rings is 1. The zero-order chi connectivity index (χ0) is 19.2. The summed E-state index contributed by atoms with van der Waals surface area (Å²) in [5.74, 6) is 0. The second-order valence-corrected chi connectivity index (χ2v) is 6.69. The molecule has 0 saturated carbocycles. The van der Waals surface area contributed by atoms with Crippen LogP contribution in [0.15, 0.2) is 48.2 Å². The van der Waals surface area contributed by atoms with Crippen LogP contribution >= 0.6 is 0 Å². The molecule has 142 valence electrons. The highest BCUT2D eigenvalue weighted by Crippen LogP contribution is 2.19. The summed E-state index contributed by atoms with van der Waals surface area (Å²) in [4.78, 5) is 2.36. The number of benzene rings is 2. The number of aliphatic hydroxyl groups excluding tert-OH is 1. The van der Waals surface area contributed by atoms with Gasteiger partial charge in [0.05, 0.1) is 31.2 Å². The molecule has 1 aliphatic heterocycles. The van der Waals surface area contributed by atoms with Crippen LogP contribution in [0.1, 0.15) is 22.3 Å². The molecular formula is C21H26N4O2. The van der Waals surface area contributed by atoms with Gasteiger partial charge in [0.1, 0.15) is 0 Å². The van der Waals surface area contributed by atoms with E-state index in [1.165, 1.54) is 5.56 Å². The lowest BCUT2D eigenvalue weighted by molar-refractivity contribution is 0.0342. The van der Waals surface area contributed by atoms with E-state index in [-0.39, 0.29) is 12.3 Å². The van der Waals surface area contributed by atoms with Crippen molar-refractivity contribution in [3.05, 3.63) is 70.4 Å². The van der Waals surface area contributed by atoms with Crippen molar-refractivity contribution in [2.24, 2.45) is 5.73 Å². The highest BCUT2D eigenvalue weighted by molar-refractivity contribution is 6.15. The Hall–Kier alpha value is -2.67.